The van der Waals surface area contributed by atoms with E-state index in [1.165, 1.54) is 19.3 Å². The fourth-order valence-corrected chi connectivity index (χ4v) is 2.17. The quantitative estimate of drug-likeness (QED) is 0.632. The van der Waals surface area contributed by atoms with Crippen molar-refractivity contribution >= 4 is 5.96 Å². The van der Waals surface area contributed by atoms with E-state index in [9.17, 15) is 0 Å². The molecule has 1 saturated carbocycles. The molecule has 5 nitrogen and oxygen atoms in total. The van der Waals surface area contributed by atoms with Crippen LogP contribution in [0.5, 0.6) is 0 Å². The molecule has 0 radical (unpaired) electrons. The first-order valence-corrected chi connectivity index (χ1v) is 7.14. The summed E-state index contributed by atoms with van der Waals surface area (Å²) in [4.78, 5) is 4.60. The van der Waals surface area contributed by atoms with Crippen molar-refractivity contribution in [1.82, 2.24) is 15.8 Å². The predicted molar refractivity (Wildman–Crippen MR) is 76.1 cm³/mol. The summed E-state index contributed by atoms with van der Waals surface area (Å²) >= 11 is 0. The van der Waals surface area contributed by atoms with E-state index in [2.05, 4.69) is 27.7 Å². The van der Waals surface area contributed by atoms with Crippen LogP contribution in [0.15, 0.2) is 9.52 Å². The van der Waals surface area contributed by atoms with Gasteiger partial charge in [0.25, 0.3) is 0 Å². The molecule has 2 N–H and O–H groups in total. The van der Waals surface area contributed by atoms with Crippen LogP contribution >= 0.6 is 0 Å². The number of nitrogens with zero attached hydrogens (tertiary/aromatic N) is 2. The second-order valence-electron chi connectivity index (χ2n) is 5.18. The summed E-state index contributed by atoms with van der Waals surface area (Å²) in [7, 11) is 0. The lowest BCUT2D eigenvalue weighted by Gasteiger charge is -2.26. The first-order valence-electron chi connectivity index (χ1n) is 7.14. The van der Waals surface area contributed by atoms with Gasteiger partial charge < -0.3 is 15.2 Å². The van der Waals surface area contributed by atoms with Crippen molar-refractivity contribution in [2.45, 2.75) is 46.6 Å². The maximum absolute atomic E-state index is 5.15. The Morgan fingerprint density at radius 2 is 2.16 bits per heavy atom. The van der Waals surface area contributed by atoms with Crippen LogP contribution in [0.2, 0.25) is 0 Å². The van der Waals surface area contributed by atoms with E-state index in [4.69, 9.17) is 4.52 Å². The van der Waals surface area contributed by atoms with Crippen molar-refractivity contribution in [3.63, 3.8) is 0 Å². The first-order chi connectivity index (χ1) is 9.20. The molecule has 1 fully saturated rings. The molecule has 5 heteroatoms. The molecule has 0 aliphatic heterocycles. The normalized spacial score (nSPS) is 16.3. The number of guanidine groups is 1. The molecule has 0 unspecified atom stereocenters. The largest absolute Gasteiger partial charge is 0.361 e. The minimum absolute atomic E-state index is 0.612. The van der Waals surface area contributed by atoms with Gasteiger partial charge in [0, 0.05) is 18.7 Å². The van der Waals surface area contributed by atoms with E-state index in [0.29, 0.717) is 6.54 Å². The number of nitrogens with one attached hydrogen (secondary N) is 2. The molecule has 0 atom stereocenters. The second-order valence-corrected chi connectivity index (χ2v) is 5.18. The molecule has 0 saturated heterocycles. The smallest absolute Gasteiger partial charge is 0.191 e. The van der Waals surface area contributed by atoms with E-state index in [0.717, 1.165) is 42.0 Å². The Balaban J connectivity index is 1.91. The number of aromatic nitrogens is 1. The highest BCUT2D eigenvalue weighted by Crippen LogP contribution is 2.25. The van der Waals surface area contributed by atoms with Crippen LogP contribution in [0.4, 0.5) is 0 Å². The molecule has 19 heavy (non-hydrogen) atoms. The van der Waals surface area contributed by atoms with Crippen LogP contribution in [0.25, 0.3) is 0 Å². The molecule has 1 heterocycles. The summed E-state index contributed by atoms with van der Waals surface area (Å²) in [5.41, 5.74) is 2.01. The van der Waals surface area contributed by atoms with Gasteiger partial charge in [-0.1, -0.05) is 11.6 Å². The molecule has 106 valence electrons. The lowest BCUT2D eigenvalue weighted by atomic mass is 9.85. The molecule has 0 amide bonds. The molecular weight excluding hydrogens is 240 g/mol. The number of hydrogen-bond acceptors (Lipinski definition) is 3. The molecule has 0 aromatic carbocycles. The summed E-state index contributed by atoms with van der Waals surface area (Å²) in [6.07, 6.45) is 4.06. The molecule has 0 bridgehead atoms. The number of rotatable bonds is 5. The number of hydrogen-bond donors (Lipinski definition) is 2. The van der Waals surface area contributed by atoms with Gasteiger partial charge in [-0.15, -0.1) is 0 Å². The molecule has 1 aliphatic carbocycles. The SMILES string of the molecule is CCNC(=NCc1c(C)noc1C)NCC1CCC1. The highest BCUT2D eigenvalue weighted by Gasteiger charge is 2.17. The van der Waals surface area contributed by atoms with Gasteiger partial charge in [0.15, 0.2) is 5.96 Å². The van der Waals surface area contributed by atoms with Crippen LogP contribution in [-0.2, 0) is 6.54 Å². The monoisotopic (exact) mass is 264 g/mol. The Morgan fingerprint density at radius 3 is 2.68 bits per heavy atom. The zero-order valence-electron chi connectivity index (χ0n) is 12.1. The lowest BCUT2D eigenvalue weighted by molar-refractivity contribution is 0.314. The topological polar surface area (TPSA) is 62.5 Å². The van der Waals surface area contributed by atoms with Crippen molar-refractivity contribution in [2.24, 2.45) is 10.9 Å². The minimum Gasteiger partial charge on any atom is -0.361 e. The Bertz CT molecular complexity index is 415. The third-order valence-electron chi connectivity index (χ3n) is 3.70. The molecule has 1 aliphatic rings. The fraction of sp³-hybridized carbons (Fsp3) is 0.714. The van der Waals surface area contributed by atoms with Gasteiger partial charge in [0.1, 0.15) is 5.76 Å². The Hall–Kier alpha value is -1.52. The zero-order valence-corrected chi connectivity index (χ0v) is 12.1. The summed E-state index contributed by atoms with van der Waals surface area (Å²) in [6.45, 7) is 8.47. The third-order valence-corrected chi connectivity index (χ3v) is 3.70. The van der Waals surface area contributed by atoms with Gasteiger partial charge >= 0.3 is 0 Å². The van der Waals surface area contributed by atoms with E-state index >= 15 is 0 Å². The van der Waals surface area contributed by atoms with E-state index in [1.807, 2.05) is 13.8 Å². The van der Waals surface area contributed by atoms with Crippen molar-refractivity contribution in [3.8, 4) is 0 Å². The van der Waals surface area contributed by atoms with Gasteiger partial charge in [-0.3, -0.25) is 0 Å². The highest BCUT2D eigenvalue weighted by molar-refractivity contribution is 5.79. The average Bonchev–Trinajstić information content (AvgIpc) is 2.64. The van der Waals surface area contributed by atoms with Crippen LogP contribution < -0.4 is 10.6 Å². The standard InChI is InChI=1S/C14H24N4O/c1-4-15-14(16-8-12-6-5-7-12)17-9-13-10(2)18-19-11(13)3/h12H,4-9H2,1-3H3,(H2,15,16,17). The summed E-state index contributed by atoms with van der Waals surface area (Å²) < 4.78 is 5.15. The Labute approximate surface area is 114 Å². The number of aliphatic imine (C=N–C) groups is 1. The van der Waals surface area contributed by atoms with Crippen molar-refractivity contribution < 1.29 is 4.52 Å². The van der Waals surface area contributed by atoms with Gasteiger partial charge in [0.05, 0.1) is 12.2 Å². The zero-order chi connectivity index (χ0) is 13.7. The maximum atomic E-state index is 5.15. The average molecular weight is 264 g/mol. The molecule has 2 rings (SSSR count). The Kier molecular flexibility index (Phi) is 4.82. The minimum atomic E-state index is 0.612. The third kappa shape index (κ3) is 3.72. The molecular formula is C14H24N4O. The van der Waals surface area contributed by atoms with E-state index in [1.54, 1.807) is 0 Å². The van der Waals surface area contributed by atoms with Crippen molar-refractivity contribution in [2.75, 3.05) is 13.1 Å². The fourth-order valence-electron chi connectivity index (χ4n) is 2.17. The van der Waals surface area contributed by atoms with Crippen LogP contribution in [0.3, 0.4) is 0 Å². The maximum Gasteiger partial charge on any atom is 0.191 e. The van der Waals surface area contributed by atoms with Crippen LogP contribution in [0, 0.1) is 19.8 Å². The van der Waals surface area contributed by atoms with Gasteiger partial charge in [-0.25, -0.2) is 4.99 Å². The van der Waals surface area contributed by atoms with Crippen molar-refractivity contribution in [1.29, 1.82) is 0 Å². The predicted octanol–water partition coefficient (Wildman–Crippen LogP) is 2.15. The van der Waals surface area contributed by atoms with Crippen molar-refractivity contribution in [3.05, 3.63) is 17.0 Å². The van der Waals surface area contributed by atoms with Gasteiger partial charge in [-0.05, 0) is 39.5 Å². The Morgan fingerprint density at radius 1 is 1.37 bits per heavy atom. The van der Waals surface area contributed by atoms with E-state index < -0.39 is 0 Å². The lowest BCUT2D eigenvalue weighted by Crippen LogP contribution is -2.41. The van der Waals surface area contributed by atoms with Crippen LogP contribution in [-0.4, -0.2) is 24.2 Å². The highest BCUT2D eigenvalue weighted by atomic mass is 16.5. The first kappa shape index (κ1) is 13.9. The van der Waals surface area contributed by atoms with Gasteiger partial charge in [0.2, 0.25) is 0 Å². The molecule has 1 aromatic rings. The molecule has 0 spiro atoms. The van der Waals surface area contributed by atoms with Crippen LogP contribution in [0.1, 0.15) is 43.2 Å². The van der Waals surface area contributed by atoms with Gasteiger partial charge in [-0.2, -0.15) is 0 Å². The second kappa shape index (κ2) is 6.59. The van der Waals surface area contributed by atoms with E-state index in [-0.39, 0.29) is 0 Å². The molecule has 1 aromatic heterocycles. The summed E-state index contributed by atoms with van der Waals surface area (Å²) in [6, 6.07) is 0. The summed E-state index contributed by atoms with van der Waals surface area (Å²) in [5, 5.41) is 10.6. The summed E-state index contributed by atoms with van der Waals surface area (Å²) in [5.74, 6) is 2.56. The number of aryl methyl sites for hydroxylation is 2.